The number of hydrogen-bond acceptors (Lipinski definition) is 3. The molecule has 4 N–H and O–H groups in total. The van der Waals surface area contributed by atoms with Crippen LogP contribution in [0.1, 0.15) is 34.1 Å². The second-order valence-corrected chi connectivity index (χ2v) is 5.71. The maximum absolute atomic E-state index is 13.5. The molecule has 2 unspecified atom stereocenters. The Morgan fingerprint density at radius 1 is 0.750 bits per heavy atom. The molecule has 0 heterocycles. The standard InChI is InChI=1S/C19H22F2N2O/c20-9-17(15-5-1-13(11-22)2-6-15)19(24)18(10-21)16-7-3-14(12-23)4-8-16/h1-8,17-18H,9-12,22-23H2. The number of carbonyl (C=O) groups is 1. The predicted octanol–water partition coefficient (Wildman–Crippen LogP) is 2.98. The van der Waals surface area contributed by atoms with Crippen molar-refractivity contribution >= 4 is 5.78 Å². The third-order valence-electron chi connectivity index (χ3n) is 4.23. The summed E-state index contributed by atoms with van der Waals surface area (Å²) in [6.45, 7) is -0.986. The Balaban J connectivity index is 2.25. The molecule has 3 nitrogen and oxygen atoms in total. The van der Waals surface area contributed by atoms with Crippen molar-refractivity contribution in [1.29, 1.82) is 0 Å². The largest absolute Gasteiger partial charge is 0.326 e. The van der Waals surface area contributed by atoms with Gasteiger partial charge in [-0.3, -0.25) is 4.79 Å². The van der Waals surface area contributed by atoms with Crippen LogP contribution in [0.2, 0.25) is 0 Å². The van der Waals surface area contributed by atoms with Gasteiger partial charge in [-0.2, -0.15) is 0 Å². The molecule has 0 saturated carbocycles. The molecule has 2 aromatic rings. The SMILES string of the molecule is NCc1ccc(C(CF)C(=O)C(CF)c2ccc(CN)cc2)cc1. The number of nitrogens with two attached hydrogens (primary N) is 2. The molecule has 2 atom stereocenters. The highest BCUT2D eigenvalue weighted by atomic mass is 19.1. The summed E-state index contributed by atoms with van der Waals surface area (Å²) < 4.78 is 27.0. The summed E-state index contributed by atoms with van der Waals surface area (Å²) in [5.41, 5.74) is 13.9. The van der Waals surface area contributed by atoms with E-state index in [1.54, 1.807) is 48.5 Å². The van der Waals surface area contributed by atoms with E-state index < -0.39 is 31.0 Å². The van der Waals surface area contributed by atoms with Gasteiger partial charge in [-0.15, -0.1) is 0 Å². The van der Waals surface area contributed by atoms with E-state index in [9.17, 15) is 13.6 Å². The van der Waals surface area contributed by atoms with Gasteiger partial charge in [-0.25, -0.2) is 8.78 Å². The van der Waals surface area contributed by atoms with E-state index in [2.05, 4.69) is 0 Å². The van der Waals surface area contributed by atoms with Crippen molar-refractivity contribution in [2.45, 2.75) is 24.9 Å². The smallest absolute Gasteiger partial charge is 0.153 e. The van der Waals surface area contributed by atoms with Gasteiger partial charge in [-0.1, -0.05) is 48.5 Å². The predicted molar refractivity (Wildman–Crippen MR) is 91.1 cm³/mol. The average Bonchev–Trinajstić information content (AvgIpc) is 2.64. The molecule has 0 bridgehead atoms. The van der Waals surface area contributed by atoms with Gasteiger partial charge in [0, 0.05) is 13.1 Å². The van der Waals surface area contributed by atoms with Gasteiger partial charge >= 0.3 is 0 Å². The topological polar surface area (TPSA) is 69.1 Å². The molecule has 0 radical (unpaired) electrons. The highest BCUT2D eigenvalue weighted by Crippen LogP contribution is 2.28. The molecule has 2 aromatic carbocycles. The molecular weight excluding hydrogens is 310 g/mol. The molecule has 0 amide bonds. The molecule has 128 valence electrons. The number of halogens is 2. The van der Waals surface area contributed by atoms with Crippen LogP contribution in [-0.4, -0.2) is 19.1 Å². The van der Waals surface area contributed by atoms with Crippen molar-refractivity contribution in [3.63, 3.8) is 0 Å². The summed E-state index contributed by atoms with van der Waals surface area (Å²) in [6, 6.07) is 13.7. The van der Waals surface area contributed by atoms with Crippen molar-refractivity contribution in [2.75, 3.05) is 13.3 Å². The van der Waals surface area contributed by atoms with Gasteiger partial charge in [0.05, 0.1) is 11.8 Å². The highest BCUT2D eigenvalue weighted by molar-refractivity contribution is 5.92. The zero-order chi connectivity index (χ0) is 17.5. The first-order valence-electron chi connectivity index (χ1n) is 7.88. The van der Waals surface area contributed by atoms with E-state index >= 15 is 0 Å². The van der Waals surface area contributed by atoms with Gasteiger partial charge in [0.15, 0.2) is 5.78 Å². The minimum absolute atomic E-state index is 0.370. The van der Waals surface area contributed by atoms with Gasteiger partial charge in [0.2, 0.25) is 0 Å². The molecular formula is C19H22F2N2O. The normalized spacial score (nSPS) is 13.5. The molecule has 0 aliphatic rings. The van der Waals surface area contributed by atoms with Gasteiger partial charge in [-0.05, 0) is 22.3 Å². The van der Waals surface area contributed by atoms with Crippen LogP contribution >= 0.6 is 0 Å². The van der Waals surface area contributed by atoms with Crippen LogP contribution in [0.4, 0.5) is 8.78 Å². The molecule has 0 saturated heterocycles. The minimum atomic E-state index is -0.980. The second kappa shape index (κ2) is 8.66. The number of benzene rings is 2. The Kier molecular flexibility index (Phi) is 6.58. The maximum Gasteiger partial charge on any atom is 0.153 e. The molecule has 0 fully saturated rings. The van der Waals surface area contributed by atoms with Crippen molar-refractivity contribution in [3.05, 3.63) is 70.8 Å². The Morgan fingerprint density at radius 2 is 1.08 bits per heavy atom. The van der Waals surface area contributed by atoms with Crippen LogP contribution < -0.4 is 11.5 Å². The molecule has 0 aliphatic carbocycles. The number of ketones is 1. The number of hydrogen-bond donors (Lipinski definition) is 2. The van der Waals surface area contributed by atoms with Crippen molar-refractivity contribution < 1.29 is 13.6 Å². The first-order valence-corrected chi connectivity index (χ1v) is 7.88. The minimum Gasteiger partial charge on any atom is -0.326 e. The van der Waals surface area contributed by atoms with Gasteiger partial charge < -0.3 is 11.5 Å². The Morgan fingerprint density at radius 3 is 1.33 bits per heavy atom. The molecule has 24 heavy (non-hydrogen) atoms. The Labute approximate surface area is 140 Å². The van der Waals surface area contributed by atoms with Crippen molar-refractivity contribution in [1.82, 2.24) is 0 Å². The van der Waals surface area contributed by atoms with E-state index in [0.29, 0.717) is 24.2 Å². The Bertz CT molecular complexity index is 599. The zero-order valence-electron chi connectivity index (χ0n) is 13.4. The molecule has 2 rings (SSSR count). The summed E-state index contributed by atoms with van der Waals surface area (Å²) in [6.07, 6.45) is 0. The summed E-state index contributed by atoms with van der Waals surface area (Å²) >= 11 is 0. The van der Waals surface area contributed by atoms with Crippen LogP contribution in [0, 0.1) is 0 Å². The number of carbonyl (C=O) groups excluding carboxylic acids is 1. The molecule has 0 spiro atoms. The fourth-order valence-electron chi connectivity index (χ4n) is 2.67. The summed E-state index contributed by atoms with van der Waals surface area (Å²) in [5, 5.41) is 0. The number of Topliss-reactive ketones (excluding diaryl/α,β-unsaturated/α-hetero) is 1. The van der Waals surface area contributed by atoms with E-state index in [-0.39, 0.29) is 0 Å². The Hall–Kier alpha value is -2.11. The fraction of sp³-hybridized carbons (Fsp3) is 0.316. The summed E-state index contributed by atoms with van der Waals surface area (Å²) in [4.78, 5) is 12.7. The molecule has 0 aliphatic heterocycles. The van der Waals surface area contributed by atoms with Gasteiger partial charge in [0.1, 0.15) is 13.3 Å². The van der Waals surface area contributed by atoms with E-state index in [1.807, 2.05) is 0 Å². The second-order valence-electron chi connectivity index (χ2n) is 5.71. The summed E-state index contributed by atoms with van der Waals surface area (Å²) in [5.74, 6) is -2.42. The lowest BCUT2D eigenvalue weighted by Gasteiger charge is -2.19. The zero-order valence-corrected chi connectivity index (χ0v) is 13.4. The third-order valence-corrected chi connectivity index (χ3v) is 4.23. The fourth-order valence-corrected chi connectivity index (χ4v) is 2.67. The van der Waals surface area contributed by atoms with Crippen LogP contribution in [0.5, 0.6) is 0 Å². The number of alkyl halides is 2. The van der Waals surface area contributed by atoms with Crippen LogP contribution in [0.25, 0.3) is 0 Å². The van der Waals surface area contributed by atoms with Crippen molar-refractivity contribution in [3.8, 4) is 0 Å². The quantitative estimate of drug-likeness (QED) is 0.781. The van der Waals surface area contributed by atoms with Gasteiger partial charge in [0.25, 0.3) is 0 Å². The highest BCUT2D eigenvalue weighted by Gasteiger charge is 2.29. The monoisotopic (exact) mass is 332 g/mol. The first kappa shape index (κ1) is 18.2. The first-order chi connectivity index (χ1) is 11.6. The number of rotatable bonds is 8. The van der Waals surface area contributed by atoms with Crippen molar-refractivity contribution in [2.24, 2.45) is 11.5 Å². The molecule has 5 heteroatoms. The average molecular weight is 332 g/mol. The van der Waals surface area contributed by atoms with Crippen LogP contribution in [-0.2, 0) is 17.9 Å². The van der Waals surface area contributed by atoms with Crippen LogP contribution in [0.3, 0.4) is 0 Å². The third kappa shape index (κ3) is 4.04. The van der Waals surface area contributed by atoms with Crippen LogP contribution in [0.15, 0.2) is 48.5 Å². The summed E-state index contributed by atoms with van der Waals surface area (Å²) in [7, 11) is 0. The molecule has 0 aromatic heterocycles. The lowest BCUT2D eigenvalue weighted by atomic mass is 9.84. The maximum atomic E-state index is 13.5. The van der Waals surface area contributed by atoms with E-state index in [1.165, 1.54) is 0 Å². The van der Waals surface area contributed by atoms with E-state index in [0.717, 1.165) is 11.1 Å². The lowest BCUT2D eigenvalue weighted by molar-refractivity contribution is -0.122. The van der Waals surface area contributed by atoms with E-state index in [4.69, 9.17) is 11.5 Å². The lowest BCUT2D eigenvalue weighted by Crippen LogP contribution is -2.24.